The predicted molar refractivity (Wildman–Crippen MR) is 74.1 cm³/mol. The Morgan fingerprint density at radius 2 is 2.21 bits per heavy atom. The van der Waals surface area contributed by atoms with Crippen LogP contribution in [0.15, 0.2) is 36.5 Å². The molecule has 0 bridgehead atoms. The molecule has 2 rings (SSSR count). The van der Waals surface area contributed by atoms with Crippen molar-refractivity contribution in [1.29, 1.82) is 0 Å². The number of carbonyl (C=O) groups is 1. The van der Waals surface area contributed by atoms with Gasteiger partial charge in [-0.1, -0.05) is 6.07 Å². The molecule has 0 radical (unpaired) electrons. The summed E-state index contributed by atoms with van der Waals surface area (Å²) in [5.74, 6) is -1.01. The molecule has 5 nitrogen and oxygen atoms in total. The summed E-state index contributed by atoms with van der Waals surface area (Å²) in [6.45, 7) is 2.43. The molecule has 0 aliphatic carbocycles. The number of nitrogen functional groups attached to an aromatic ring is 1. The Balaban J connectivity index is 2.20. The van der Waals surface area contributed by atoms with E-state index in [0.29, 0.717) is 17.9 Å². The third kappa shape index (κ3) is 3.01. The molecule has 0 atom stereocenters. The fourth-order valence-electron chi connectivity index (χ4n) is 1.78. The van der Waals surface area contributed by atoms with E-state index in [1.165, 1.54) is 6.07 Å². The molecule has 1 heterocycles. The van der Waals surface area contributed by atoms with Crippen LogP contribution >= 0.6 is 0 Å². The molecule has 0 saturated heterocycles. The highest BCUT2D eigenvalue weighted by Gasteiger charge is 2.10. The molecule has 0 saturated carbocycles. The van der Waals surface area contributed by atoms with Gasteiger partial charge in [-0.15, -0.1) is 0 Å². The third-order valence-electron chi connectivity index (χ3n) is 2.84. The van der Waals surface area contributed by atoms with Gasteiger partial charge >= 0.3 is 5.97 Å². The highest BCUT2D eigenvalue weighted by Crippen LogP contribution is 2.20. The first-order valence-electron chi connectivity index (χ1n) is 5.85. The van der Waals surface area contributed by atoms with Gasteiger partial charge in [0.05, 0.1) is 17.8 Å². The van der Waals surface area contributed by atoms with Gasteiger partial charge in [-0.3, -0.25) is 4.98 Å². The van der Waals surface area contributed by atoms with Crippen molar-refractivity contribution in [2.45, 2.75) is 13.5 Å². The molecule has 0 unspecified atom stereocenters. The number of nitrogens with zero attached hydrogens (tertiary/aromatic N) is 1. The molecule has 1 aromatic carbocycles. The van der Waals surface area contributed by atoms with Gasteiger partial charge in [0.15, 0.2) is 0 Å². The average Bonchev–Trinajstić information content (AvgIpc) is 2.38. The monoisotopic (exact) mass is 257 g/mol. The SMILES string of the molecule is Cc1cccnc1CNc1ccc(N)cc1C(=O)O. The Bertz CT molecular complexity index is 611. The van der Waals surface area contributed by atoms with Gasteiger partial charge in [0.25, 0.3) is 0 Å². The summed E-state index contributed by atoms with van der Waals surface area (Å²) in [5.41, 5.74) is 8.66. The van der Waals surface area contributed by atoms with Gasteiger partial charge in [-0.05, 0) is 36.8 Å². The average molecular weight is 257 g/mol. The summed E-state index contributed by atoms with van der Waals surface area (Å²) in [6.07, 6.45) is 1.71. The van der Waals surface area contributed by atoms with Gasteiger partial charge < -0.3 is 16.2 Å². The van der Waals surface area contributed by atoms with Gasteiger partial charge in [-0.2, -0.15) is 0 Å². The number of anilines is 2. The Kier molecular flexibility index (Phi) is 3.66. The minimum atomic E-state index is -1.01. The number of rotatable bonds is 4. The Hall–Kier alpha value is -2.56. The van der Waals surface area contributed by atoms with Crippen molar-refractivity contribution in [3.05, 3.63) is 53.3 Å². The van der Waals surface area contributed by atoms with Crippen molar-refractivity contribution in [3.8, 4) is 0 Å². The van der Waals surface area contributed by atoms with E-state index in [-0.39, 0.29) is 5.56 Å². The number of aromatic nitrogens is 1. The zero-order chi connectivity index (χ0) is 13.8. The highest BCUT2D eigenvalue weighted by atomic mass is 16.4. The zero-order valence-electron chi connectivity index (χ0n) is 10.6. The molecular weight excluding hydrogens is 242 g/mol. The quantitative estimate of drug-likeness (QED) is 0.731. The lowest BCUT2D eigenvalue weighted by molar-refractivity contribution is 0.0698. The standard InChI is InChI=1S/C14H15N3O2/c1-9-3-2-6-16-13(9)8-17-12-5-4-10(15)7-11(12)14(18)19/h2-7,17H,8,15H2,1H3,(H,18,19). The molecule has 2 aromatic rings. The van der Waals surface area contributed by atoms with Crippen molar-refractivity contribution in [3.63, 3.8) is 0 Å². The summed E-state index contributed by atoms with van der Waals surface area (Å²) >= 11 is 0. The molecule has 0 spiro atoms. The van der Waals surface area contributed by atoms with Crippen LogP contribution in [-0.2, 0) is 6.54 Å². The number of benzene rings is 1. The van der Waals surface area contributed by atoms with Crippen molar-refractivity contribution in [1.82, 2.24) is 4.98 Å². The molecule has 19 heavy (non-hydrogen) atoms. The maximum Gasteiger partial charge on any atom is 0.337 e. The van der Waals surface area contributed by atoms with Crippen LogP contribution in [0.2, 0.25) is 0 Å². The first-order valence-corrected chi connectivity index (χ1v) is 5.85. The fraction of sp³-hybridized carbons (Fsp3) is 0.143. The molecule has 5 heteroatoms. The van der Waals surface area contributed by atoms with Crippen molar-refractivity contribution >= 4 is 17.3 Å². The maximum absolute atomic E-state index is 11.1. The van der Waals surface area contributed by atoms with Crippen molar-refractivity contribution in [2.24, 2.45) is 0 Å². The first-order chi connectivity index (χ1) is 9.08. The van der Waals surface area contributed by atoms with E-state index >= 15 is 0 Å². The number of pyridine rings is 1. The molecule has 0 aliphatic heterocycles. The third-order valence-corrected chi connectivity index (χ3v) is 2.84. The zero-order valence-corrected chi connectivity index (χ0v) is 10.6. The Labute approximate surface area is 111 Å². The second-order valence-electron chi connectivity index (χ2n) is 4.23. The van der Waals surface area contributed by atoms with Crippen LogP contribution in [0.1, 0.15) is 21.6 Å². The lowest BCUT2D eigenvalue weighted by Gasteiger charge is -2.11. The van der Waals surface area contributed by atoms with E-state index < -0.39 is 5.97 Å². The molecule has 98 valence electrons. The van der Waals surface area contributed by atoms with Crippen LogP contribution in [0.25, 0.3) is 0 Å². The number of aromatic carboxylic acids is 1. The summed E-state index contributed by atoms with van der Waals surface area (Å²) in [6, 6.07) is 8.60. The minimum Gasteiger partial charge on any atom is -0.478 e. The second kappa shape index (κ2) is 5.39. The smallest absolute Gasteiger partial charge is 0.337 e. The molecule has 1 aromatic heterocycles. The first kappa shape index (κ1) is 12.9. The van der Waals surface area contributed by atoms with Crippen molar-refractivity contribution < 1.29 is 9.90 Å². The van der Waals surface area contributed by atoms with E-state index in [4.69, 9.17) is 10.8 Å². The van der Waals surface area contributed by atoms with Crippen LogP contribution in [0, 0.1) is 6.92 Å². The van der Waals surface area contributed by atoms with Gasteiger partial charge in [0.2, 0.25) is 0 Å². The number of nitrogens with two attached hydrogens (primary N) is 1. The van der Waals surface area contributed by atoms with Gasteiger partial charge in [-0.25, -0.2) is 4.79 Å². The number of nitrogens with one attached hydrogen (secondary N) is 1. The minimum absolute atomic E-state index is 0.161. The van der Waals surface area contributed by atoms with E-state index in [1.807, 2.05) is 19.1 Å². The Morgan fingerprint density at radius 1 is 1.42 bits per heavy atom. The van der Waals surface area contributed by atoms with E-state index in [0.717, 1.165) is 11.3 Å². The normalized spacial score (nSPS) is 10.2. The fourth-order valence-corrected chi connectivity index (χ4v) is 1.78. The molecule has 0 fully saturated rings. The predicted octanol–water partition coefficient (Wildman–Crippen LogP) is 2.28. The number of carboxylic acid groups (broad SMARTS) is 1. The van der Waals surface area contributed by atoms with E-state index in [1.54, 1.807) is 18.3 Å². The topological polar surface area (TPSA) is 88.2 Å². The summed E-state index contributed by atoms with van der Waals surface area (Å²) in [4.78, 5) is 15.4. The molecule has 0 aliphatic rings. The Morgan fingerprint density at radius 3 is 2.89 bits per heavy atom. The highest BCUT2D eigenvalue weighted by molar-refractivity contribution is 5.95. The number of aryl methyl sites for hydroxylation is 1. The van der Waals surface area contributed by atoms with Gasteiger partial charge in [0, 0.05) is 17.6 Å². The van der Waals surface area contributed by atoms with Crippen molar-refractivity contribution in [2.75, 3.05) is 11.1 Å². The van der Waals surface area contributed by atoms with Crippen LogP contribution in [0.5, 0.6) is 0 Å². The molecular formula is C14H15N3O2. The number of hydrogen-bond acceptors (Lipinski definition) is 4. The molecule has 0 amide bonds. The summed E-state index contributed by atoms with van der Waals surface area (Å²) < 4.78 is 0. The van der Waals surface area contributed by atoms with E-state index in [2.05, 4.69) is 10.3 Å². The number of hydrogen-bond donors (Lipinski definition) is 3. The van der Waals surface area contributed by atoms with Crippen LogP contribution in [-0.4, -0.2) is 16.1 Å². The van der Waals surface area contributed by atoms with Crippen LogP contribution in [0.4, 0.5) is 11.4 Å². The molecule has 4 N–H and O–H groups in total. The maximum atomic E-state index is 11.1. The summed E-state index contributed by atoms with van der Waals surface area (Å²) in [7, 11) is 0. The lowest BCUT2D eigenvalue weighted by atomic mass is 10.1. The van der Waals surface area contributed by atoms with E-state index in [9.17, 15) is 4.79 Å². The number of carboxylic acids is 1. The second-order valence-corrected chi connectivity index (χ2v) is 4.23. The largest absolute Gasteiger partial charge is 0.478 e. The van der Waals surface area contributed by atoms with Gasteiger partial charge in [0.1, 0.15) is 0 Å². The van der Waals surface area contributed by atoms with Crippen LogP contribution in [0.3, 0.4) is 0 Å². The lowest BCUT2D eigenvalue weighted by Crippen LogP contribution is -2.08. The summed E-state index contributed by atoms with van der Waals surface area (Å²) in [5, 5.41) is 12.2. The van der Waals surface area contributed by atoms with Crippen LogP contribution < -0.4 is 11.1 Å².